The van der Waals surface area contributed by atoms with E-state index in [-0.39, 0.29) is 11.9 Å². The van der Waals surface area contributed by atoms with E-state index >= 15 is 0 Å². The Balaban J connectivity index is 1.26. The van der Waals surface area contributed by atoms with Gasteiger partial charge in [0, 0.05) is 39.4 Å². The van der Waals surface area contributed by atoms with E-state index in [2.05, 4.69) is 126 Å². The highest BCUT2D eigenvalue weighted by molar-refractivity contribution is 9.10. The van der Waals surface area contributed by atoms with Gasteiger partial charge in [-0.1, -0.05) is 99.9 Å². The summed E-state index contributed by atoms with van der Waals surface area (Å²) in [5.41, 5.74) is 9.33. The van der Waals surface area contributed by atoms with Crippen LogP contribution in [0.15, 0.2) is 112 Å². The van der Waals surface area contributed by atoms with Gasteiger partial charge in [-0.3, -0.25) is 4.79 Å². The second-order valence-electron chi connectivity index (χ2n) is 10.8. The number of fused-ring (bicyclic) bond motifs is 1. The molecule has 1 aliphatic rings. The molecule has 0 saturated carbocycles. The Morgan fingerprint density at radius 2 is 1.66 bits per heavy atom. The van der Waals surface area contributed by atoms with Crippen molar-refractivity contribution in [2.45, 2.75) is 44.7 Å². The summed E-state index contributed by atoms with van der Waals surface area (Å²) >= 11 is 5.12. The highest BCUT2D eigenvalue weighted by Gasteiger charge is 2.33. The van der Waals surface area contributed by atoms with E-state index in [0.29, 0.717) is 12.2 Å². The van der Waals surface area contributed by atoms with Crippen LogP contribution >= 0.6 is 27.7 Å². The molecule has 4 nitrogen and oxygen atoms in total. The number of nitrogens with zero attached hydrogens (tertiary/aromatic N) is 3. The third kappa shape index (κ3) is 5.90. The number of hydrogen-bond acceptors (Lipinski definition) is 3. The molecule has 1 aliphatic heterocycles. The first-order chi connectivity index (χ1) is 19.9. The number of thioether (sulfide) groups is 1. The number of benzene rings is 4. The molecule has 0 aliphatic carbocycles. The van der Waals surface area contributed by atoms with E-state index in [1.165, 1.54) is 33.2 Å². The molecule has 0 radical (unpaired) electrons. The van der Waals surface area contributed by atoms with Crippen LogP contribution in [0.1, 0.15) is 45.8 Å². The van der Waals surface area contributed by atoms with Crippen LogP contribution in [0.5, 0.6) is 0 Å². The molecule has 1 aromatic heterocycles. The Morgan fingerprint density at radius 3 is 2.44 bits per heavy atom. The fraction of sp³-hybridized carbons (Fsp3) is 0.200. The maximum atomic E-state index is 13.8. The molecule has 1 amide bonds. The van der Waals surface area contributed by atoms with E-state index in [9.17, 15) is 4.79 Å². The number of amides is 1. The van der Waals surface area contributed by atoms with Crippen LogP contribution in [-0.4, -0.2) is 26.9 Å². The molecular weight excluding hydrogens is 590 g/mol. The van der Waals surface area contributed by atoms with E-state index in [4.69, 9.17) is 5.10 Å². The van der Waals surface area contributed by atoms with Gasteiger partial charge in [-0.05, 0) is 61.2 Å². The second kappa shape index (κ2) is 11.7. The molecule has 2 heterocycles. The summed E-state index contributed by atoms with van der Waals surface area (Å²) in [7, 11) is 0. The maximum Gasteiger partial charge on any atom is 0.253 e. The van der Waals surface area contributed by atoms with Crippen LogP contribution in [-0.2, 0) is 11.3 Å². The Kier molecular flexibility index (Phi) is 7.87. The zero-order chi connectivity index (χ0) is 28.5. The van der Waals surface area contributed by atoms with Crippen molar-refractivity contribution in [3.8, 4) is 0 Å². The Hall–Kier alpha value is -3.61. The SMILES string of the molecule is Cc1ccc(C2CC(c3ccc(Br)cc3)=NN2C(=O)CSc2cn(Cc3cc(C)ccc3C)c3ccccc23)cc1. The number of rotatable bonds is 7. The monoisotopic (exact) mass is 621 g/mol. The lowest BCUT2D eigenvalue weighted by atomic mass is 9.98. The fourth-order valence-electron chi connectivity index (χ4n) is 5.42. The van der Waals surface area contributed by atoms with Crippen molar-refractivity contribution in [3.05, 3.63) is 135 Å². The first-order valence-electron chi connectivity index (χ1n) is 13.8. The van der Waals surface area contributed by atoms with E-state index in [1.807, 2.05) is 12.1 Å². The molecule has 0 saturated heterocycles. The molecule has 4 aromatic carbocycles. The highest BCUT2D eigenvalue weighted by Crippen LogP contribution is 2.36. The standard InChI is InChI=1S/C35H32BrN3OS/c1-23-9-12-27(13-10-23)33-19-31(26-14-16-29(36)17-15-26)37-39(33)35(40)22-41-34-21-38(32-7-5-4-6-30(32)34)20-28-18-24(2)8-11-25(28)3/h4-18,21,33H,19-20,22H2,1-3H3. The number of carbonyl (C=O) groups excluding carboxylic acids is 1. The van der Waals surface area contributed by atoms with Gasteiger partial charge in [0.05, 0.1) is 17.5 Å². The molecule has 0 spiro atoms. The summed E-state index contributed by atoms with van der Waals surface area (Å²) in [4.78, 5) is 14.9. The van der Waals surface area contributed by atoms with Gasteiger partial charge in [0.25, 0.3) is 5.91 Å². The zero-order valence-corrected chi connectivity index (χ0v) is 25.9. The Labute approximate surface area is 254 Å². The number of aryl methyl sites for hydroxylation is 3. The van der Waals surface area contributed by atoms with Crippen molar-refractivity contribution >= 4 is 50.2 Å². The number of hydrogen-bond donors (Lipinski definition) is 0. The molecule has 6 heteroatoms. The molecular formula is C35H32BrN3OS. The third-order valence-electron chi connectivity index (χ3n) is 7.75. The first kappa shape index (κ1) is 27.6. The zero-order valence-electron chi connectivity index (χ0n) is 23.5. The summed E-state index contributed by atoms with van der Waals surface area (Å²) < 4.78 is 3.33. The van der Waals surface area contributed by atoms with Crippen molar-refractivity contribution in [2.24, 2.45) is 5.10 Å². The lowest BCUT2D eigenvalue weighted by molar-refractivity contribution is -0.130. The lowest BCUT2D eigenvalue weighted by Crippen LogP contribution is -2.28. The minimum Gasteiger partial charge on any atom is -0.342 e. The predicted molar refractivity (Wildman–Crippen MR) is 174 cm³/mol. The third-order valence-corrected chi connectivity index (χ3v) is 9.31. The number of halogens is 1. The molecule has 1 unspecified atom stereocenters. The van der Waals surface area contributed by atoms with E-state index in [1.54, 1.807) is 16.8 Å². The van der Waals surface area contributed by atoms with Crippen LogP contribution in [0.4, 0.5) is 0 Å². The Morgan fingerprint density at radius 1 is 0.927 bits per heavy atom. The lowest BCUT2D eigenvalue weighted by Gasteiger charge is -2.22. The minimum absolute atomic E-state index is 0.0130. The van der Waals surface area contributed by atoms with E-state index in [0.717, 1.165) is 32.8 Å². The molecule has 0 bridgehead atoms. The molecule has 5 aromatic rings. The van der Waals surface area contributed by atoms with Crippen molar-refractivity contribution < 1.29 is 4.79 Å². The van der Waals surface area contributed by atoms with Crippen molar-refractivity contribution in [1.29, 1.82) is 0 Å². The van der Waals surface area contributed by atoms with Gasteiger partial charge in [0.2, 0.25) is 0 Å². The average Bonchev–Trinajstić information content (AvgIpc) is 3.57. The summed E-state index contributed by atoms with van der Waals surface area (Å²) in [6.45, 7) is 7.18. The van der Waals surface area contributed by atoms with Gasteiger partial charge < -0.3 is 4.57 Å². The van der Waals surface area contributed by atoms with Gasteiger partial charge in [-0.15, -0.1) is 11.8 Å². The maximum absolute atomic E-state index is 13.8. The molecule has 1 atom stereocenters. The van der Waals surface area contributed by atoms with Crippen LogP contribution in [0.3, 0.4) is 0 Å². The number of hydrazone groups is 1. The quantitative estimate of drug-likeness (QED) is 0.170. The number of para-hydroxylation sites is 1. The van der Waals surface area contributed by atoms with Crippen LogP contribution < -0.4 is 0 Å². The molecule has 6 rings (SSSR count). The molecule has 41 heavy (non-hydrogen) atoms. The highest BCUT2D eigenvalue weighted by atomic mass is 79.9. The summed E-state index contributed by atoms with van der Waals surface area (Å²) in [5.74, 6) is 0.329. The van der Waals surface area contributed by atoms with Crippen LogP contribution in [0, 0.1) is 20.8 Å². The van der Waals surface area contributed by atoms with Crippen LogP contribution in [0.2, 0.25) is 0 Å². The largest absolute Gasteiger partial charge is 0.342 e. The Bertz CT molecular complexity index is 1760. The van der Waals surface area contributed by atoms with Gasteiger partial charge in [0.1, 0.15) is 0 Å². The van der Waals surface area contributed by atoms with Crippen molar-refractivity contribution in [1.82, 2.24) is 9.58 Å². The molecule has 0 N–H and O–H groups in total. The summed E-state index contributed by atoms with van der Waals surface area (Å²) in [5, 5.41) is 7.77. The predicted octanol–water partition coefficient (Wildman–Crippen LogP) is 8.85. The van der Waals surface area contributed by atoms with Gasteiger partial charge in [-0.2, -0.15) is 5.10 Å². The molecule has 0 fully saturated rings. The first-order valence-corrected chi connectivity index (χ1v) is 15.6. The normalized spacial score (nSPS) is 15.0. The van der Waals surface area contributed by atoms with Gasteiger partial charge >= 0.3 is 0 Å². The van der Waals surface area contributed by atoms with E-state index < -0.39 is 0 Å². The minimum atomic E-state index is -0.118. The van der Waals surface area contributed by atoms with Gasteiger partial charge in [0.15, 0.2) is 0 Å². The van der Waals surface area contributed by atoms with Crippen molar-refractivity contribution in [2.75, 3.05) is 5.75 Å². The van der Waals surface area contributed by atoms with Crippen LogP contribution in [0.25, 0.3) is 10.9 Å². The molecule has 206 valence electrons. The number of aromatic nitrogens is 1. The van der Waals surface area contributed by atoms with Crippen molar-refractivity contribution in [3.63, 3.8) is 0 Å². The topological polar surface area (TPSA) is 37.6 Å². The second-order valence-corrected chi connectivity index (χ2v) is 12.7. The smallest absolute Gasteiger partial charge is 0.253 e. The fourth-order valence-corrected chi connectivity index (χ4v) is 6.63. The summed E-state index contributed by atoms with van der Waals surface area (Å²) in [6, 6.07) is 31.6. The summed E-state index contributed by atoms with van der Waals surface area (Å²) in [6.07, 6.45) is 2.89. The average molecular weight is 623 g/mol. The van der Waals surface area contributed by atoms with Gasteiger partial charge in [-0.25, -0.2) is 5.01 Å². The number of carbonyl (C=O) groups is 1.